The molecule has 156 valence electrons. The molecule has 6 nitrogen and oxygen atoms in total. The zero-order valence-electron chi connectivity index (χ0n) is 16.9. The lowest BCUT2D eigenvalue weighted by Gasteiger charge is -2.30. The minimum atomic E-state index is -0.634. The van der Waals surface area contributed by atoms with Crippen molar-refractivity contribution in [3.8, 4) is 0 Å². The van der Waals surface area contributed by atoms with Gasteiger partial charge in [0.1, 0.15) is 6.04 Å². The van der Waals surface area contributed by atoms with Crippen LogP contribution < -0.4 is 5.56 Å². The molecule has 2 aromatic carbocycles. The summed E-state index contributed by atoms with van der Waals surface area (Å²) in [7, 11) is 0. The van der Waals surface area contributed by atoms with E-state index < -0.39 is 6.04 Å². The molecule has 0 bridgehead atoms. The van der Waals surface area contributed by atoms with E-state index in [1.165, 1.54) is 16.2 Å². The van der Waals surface area contributed by atoms with E-state index in [4.69, 9.17) is 4.74 Å². The Labute approximate surface area is 175 Å². The summed E-state index contributed by atoms with van der Waals surface area (Å²) in [5, 5.41) is 12.2. The molecule has 0 N–H and O–H groups in total. The molecule has 1 fully saturated rings. The number of pyridine rings is 1. The highest BCUT2D eigenvalue weighted by molar-refractivity contribution is 5.78. The fraction of sp³-hybridized carbons (Fsp3) is 0.375. The Balaban J connectivity index is 1.46. The normalized spacial score (nSPS) is 20.1. The molecule has 0 aliphatic heterocycles. The summed E-state index contributed by atoms with van der Waals surface area (Å²) in [6.45, 7) is -0.178. The van der Waals surface area contributed by atoms with E-state index in [0.717, 1.165) is 31.1 Å². The van der Waals surface area contributed by atoms with Gasteiger partial charge in [-0.2, -0.15) is 0 Å². The van der Waals surface area contributed by atoms with Gasteiger partial charge in [-0.3, -0.25) is 19.5 Å². The third-order valence-corrected chi connectivity index (χ3v) is 6.03. The van der Waals surface area contributed by atoms with Crippen molar-refractivity contribution in [2.75, 3.05) is 13.2 Å². The second-order valence-electron chi connectivity index (χ2n) is 7.99. The predicted octanol–water partition coefficient (Wildman–Crippen LogP) is 4.56. The van der Waals surface area contributed by atoms with Crippen molar-refractivity contribution in [1.82, 2.24) is 4.57 Å². The number of fused-ring (bicyclic) bond motifs is 1. The van der Waals surface area contributed by atoms with Crippen LogP contribution in [0.1, 0.15) is 43.2 Å². The first-order valence-electron chi connectivity index (χ1n) is 10.5. The van der Waals surface area contributed by atoms with Gasteiger partial charge < -0.3 is 4.74 Å². The smallest absolute Gasteiger partial charge is 0.251 e. The van der Waals surface area contributed by atoms with Crippen LogP contribution in [0.4, 0.5) is 0 Å². The number of hydrogen-bond acceptors (Lipinski definition) is 4. The summed E-state index contributed by atoms with van der Waals surface area (Å²) in [4.78, 5) is 23.5. The highest BCUT2D eigenvalue weighted by Crippen LogP contribution is 2.34. The summed E-state index contributed by atoms with van der Waals surface area (Å²) in [6.07, 6.45) is 4.01. The zero-order chi connectivity index (χ0) is 20.9. The van der Waals surface area contributed by atoms with Crippen LogP contribution in [0.3, 0.4) is 0 Å². The zero-order valence-corrected chi connectivity index (χ0v) is 16.9. The molecular weight excluding hydrogens is 380 g/mol. The third kappa shape index (κ3) is 4.60. The molecule has 1 atom stereocenters. The van der Waals surface area contributed by atoms with Gasteiger partial charge in [-0.05, 0) is 54.7 Å². The molecule has 0 amide bonds. The lowest BCUT2D eigenvalue weighted by molar-refractivity contribution is -0.487. The van der Waals surface area contributed by atoms with Crippen LogP contribution >= 0.6 is 0 Å². The van der Waals surface area contributed by atoms with E-state index >= 15 is 0 Å². The van der Waals surface area contributed by atoms with E-state index in [1.54, 1.807) is 6.07 Å². The van der Waals surface area contributed by atoms with Crippen LogP contribution in [0.15, 0.2) is 71.5 Å². The second kappa shape index (κ2) is 9.22. The van der Waals surface area contributed by atoms with Gasteiger partial charge in [0, 0.05) is 11.0 Å². The van der Waals surface area contributed by atoms with E-state index in [-0.39, 0.29) is 29.7 Å². The Bertz CT molecular complexity index is 1060. The van der Waals surface area contributed by atoms with Crippen molar-refractivity contribution in [3.63, 3.8) is 0 Å². The molecule has 0 spiro atoms. The van der Waals surface area contributed by atoms with Crippen molar-refractivity contribution in [2.24, 2.45) is 0 Å². The van der Waals surface area contributed by atoms with Crippen LogP contribution in [-0.2, 0) is 4.74 Å². The van der Waals surface area contributed by atoms with Gasteiger partial charge in [0.25, 0.3) is 5.56 Å². The number of benzene rings is 2. The van der Waals surface area contributed by atoms with E-state index in [1.807, 2.05) is 30.3 Å². The fourth-order valence-electron chi connectivity index (χ4n) is 4.50. The number of nitrogens with zero attached hydrogens (tertiary/aromatic N) is 2. The lowest BCUT2D eigenvalue weighted by Crippen LogP contribution is -2.34. The molecule has 30 heavy (non-hydrogen) atoms. The monoisotopic (exact) mass is 406 g/mol. The largest absolute Gasteiger partial charge is 0.376 e. The molecule has 6 heteroatoms. The Morgan fingerprint density at radius 3 is 2.40 bits per heavy atom. The molecule has 1 saturated carbocycles. The van der Waals surface area contributed by atoms with Crippen LogP contribution in [0.2, 0.25) is 0 Å². The number of aromatic nitrogens is 1. The third-order valence-electron chi connectivity index (χ3n) is 6.03. The first-order chi connectivity index (χ1) is 14.6. The maximum absolute atomic E-state index is 12.6. The topological polar surface area (TPSA) is 74.4 Å². The molecule has 1 aromatic heterocycles. The summed E-state index contributed by atoms with van der Waals surface area (Å²) in [5.74, 6) is 0.543. The minimum absolute atomic E-state index is 0.0740. The Kier molecular flexibility index (Phi) is 6.23. The first-order valence-corrected chi connectivity index (χ1v) is 10.5. The number of hydrogen-bond donors (Lipinski definition) is 0. The SMILES string of the molecule is O=c1ccc2ccccc2n1C(CO[C@H]1CC[C@@H](c2ccccc2)CC1)C[N+](=O)[O-]. The van der Waals surface area contributed by atoms with Crippen LogP contribution in [0, 0.1) is 10.1 Å². The van der Waals surface area contributed by atoms with Gasteiger partial charge in [-0.15, -0.1) is 0 Å². The minimum Gasteiger partial charge on any atom is -0.376 e. The van der Waals surface area contributed by atoms with Crippen molar-refractivity contribution >= 4 is 10.9 Å². The molecule has 1 unspecified atom stereocenters. The molecule has 4 rings (SSSR count). The molecule has 0 radical (unpaired) electrons. The molecule has 1 aliphatic carbocycles. The van der Waals surface area contributed by atoms with E-state index in [9.17, 15) is 14.9 Å². The predicted molar refractivity (Wildman–Crippen MR) is 116 cm³/mol. The number of ether oxygens (including phenoxy) is 1. The van der Waals surface area contributed by atoms with Gasteiger partial charge in [0.05, 0.1) is 18.2 Å². The summed E-state index contributed by atoms with van der Waals surface area (Å²) >= 11 is 0. The van der Waals surface area contributed by atoms with Crippen LogP contribution in [0.25, 0.3) is 10.9 Å². The number of nitro groups is 1. The van der Waals surface area contributed by atoms with E-state index in [0.29, 0.717) is 11.4 Å². The average Bonchev–Trinajstić information content (AvgIpc) is 2.77. The number of para-hydroxylation sites is 1. The van der Waals surface area contributed by atoms with Crippen molar-refractivity contribution in [1.29, 1.82) is 0 Å². The maximum Gasteiger partial charge on any atom is 0.251 e. The summed E-state index contributed by atoms with van der Waals surface area (Å²) < 4.78 is 7.65. The highest BCUT2D eigenvalue weighted by Gasteiger charge is 2.26. The van der Waals surface area contributed by atoms with Gasteiger partial charge in [0.15, 0.2) is 0 Å². The highest BCUT2D eigenvalue weighted by atomic mass is 16.6. The molecular formula is C24H26N2O4. The van der Waals surface area contributed by atoms with Gasteiger partial charge >= 0.3 is 0 Å². The van der Waals surface area contributed by atoms with Gasteiger partial charge in [-0.25, -0.2) is 0 Å². The standard InChI is InChI=1S/C24H26N2O4/c27-24-15-12-20-8-4-5-9-23(20)26(24)21(16-25(28)29)17-30-22-13-10-19(11-14-22)18-6-2-1-3-7-18/h1-9,12,15,19,21-22H,10-11,13-14,16-17H2/t19-,21?,22+. The molecule has 1 heterocycles. The van der Waals surface area contributed by atoms with Crippen LogP contribution in [0.5, 0.6) is 0 Å². The Morgan fingerprint density at radius 2 is 1.67 bits per heavy atom. The molecule has 3 aromatic rings. The van der Waals surface area contributed by atoms with Gasteiger partial charge in [-0.1, -0.05) is 48.5 Å². The van der Waals surface area contributed by atoms with Crippen molar-refractivity contribution in [3.05, 3.63) is 92.8 Å². The molecule has 1 aliphatic rings. The second-order valence-corrected chi connectivity index (χ2v) is 7.99. The van der Waals surface area contributed by atoms with E-state index in [2.05, 4.69) is 24.3 Å². The average molecular weight is 406 g/mol. The summed E-state index contributed by atoms with van der Waals surface area (Å²) in [5.41, 5.74) is 1.83. The quantitative estimate of drug-likeness (QED) is 0.426. The van der Waals surface area contributed by atoms with Crippen molar-refractivity contribution < 1.29 is 9.66 Å². The fourth-order valence-corrected chi connectivity index (χ4v) is 4.50. The van der Waals surface area contributed by atoms with Gasteiger partial charge in [0.2, 0.25) is 6.54 Å². The lowest BCUT2D eigenvalue weighted by atomic mass is 9.83. The number of rotatable bonds is 7. The maximum atomic E-state index is 12.6. The Morgan fingerprint density at radius 1 is 0.967 bits per heavy atom. The Hall–Kier alpha value is -2.99. The molecule has 0 saturated heterocycles. The van der Waals surface area contributed by atoms with Crippen LogP contribution in [-0.4, -0.2) is 28.7 Å². The summed E-state index contributed by atoms with van der Waals surface area (Å²) in [6, 6.07) is 20.6. The van der Waals surface area contributed by atoms with Crippen molar-refractivity contribution in [2.45, 2.75) is 43.7 Å². The first kappa shape index (κ1) is 20.3.